The van der Waals surface area contributed by atoms with Gasteiger partial charge in [-0.15, -0.1) is 0 Å². The van der Waals surface area contributed by atoms with Gasteiger partial charge in [-0.2, -0.15) is 0 Å². The minimum Gasteiger partial charge on any atom is -0.352 e. The lowest BCUT2D eigenvalue weighted by Crippen LogP contribution is -2.53. The van der Waals surface area contributed by atoms with Crippen molar-refractivity contribution in [2.75, 3.05) is 10.8 Å². The van der Waals surface area contributed by atoms with Gasteiger partial charge in [0.15, 0.2) is 0 Å². The van der Waals surface area contributed by atoms with E-state index < -0.39 is 28.5 Å². The Balaban J connectivity index is 2.06. The third-order valence-corrected chi connectivity index (χ3v) is 9.04. The van der Waals surface area contributed by atoms with Crippen molar-refractivity contribution in [1.29, 1.82) is 0 Å². The van der Waals surface area contributed by atoms with E-state index in [1.54, 1.807) is 66.7 Å². The monoisotopic (exact) mass is 633 g/mol. The van der Waals surface area contributed by atoms with E-state index in [2.05, 4.69) is 21.2 Å². The molecule has 10 heteroatoms. The Morgan fingerprint density at radius 3 is 2.23 bits per heavy atom. The van der Waals surface area contributed by atoms with E-state index in [4.69, 9.17) is 11.6 Å². The quantitative estimate of drug-likeness (QED) is 0.264. The van der Waals surface area contributed by atoms with Crippen LogP contribution in [0, 0.1) is 0 Å². The number of nitrogens with one attached hydrogen (secondary N) is 1. The highest BCUT2D eigenvalue weighted by Gasteiger charge is 2.34. The van der Waals surface area contributed by atoms with Crippen LogP contribution in [0.2, 0.25) is 5.02 Å². The summed E-state index contributed by atoms with van der Waals surface area (Å²) >= 11 is 9.83. The Bertz CT molecular complexity index is 1390. The largest absolute Gasteiger partial charge is 0.352 e. The molecule has 0 heterocycles. The SMILES string of the molecule is CC[C@@H](C)NC(=O)[C@H](CC)N(Cc1ccccc1Cl)C(=O)CN(c1cccc(Br)c1)S(=O)(=O)c1ccccc1. The third-order valence-electron chi connectivity index (χ3n) is 6.39. The van der Waals surface area contributed by atoms with Crippen LogP contribution in [0.25, 0.3) is 0 Å². The van der Waals surface area contributed by atoms with Gasteiger partial charge in [-0.25, -0.2) is 8.42 Å². The summed E-state index contributed by atoms with van der Waals surface area (Å²) in [7, 11) is -4.12. The molecule has 0 radical (unpaired) electrons. The summed E-state index contributed by atoms with van der Waals surface area (Å²) < 4.78 is 29.4. The van der Waals surface area contributed by atoms with Crippen LogP contribution in [-0.2, 0) is 26.2 Å². The molecule has 39 heavy (non-hydrogen) atoms. The fraction of sp³-hybridized carbons (Fsp3) is 0.310. The Morgan fingerprint density at radius 2 is 1.62 bits per heavy atom. The molecule has 0 saturated heterocycles. The summed E-state index contributed by atoms with van der Waals surface area (Å²) in [6, 6.07) is 20.9. The molecular weight excluding hydrogens is 602 g/mol. The Kier molecular flexibility index (Phi) is 11.0. The molecule has 0 aliphatic heterocycles. The first-order chi connectivity index (χ1) is 18.6. The molecule has 208 valence electrons. The normalized spacial score (nSPS) is 12.8. The van der Waals surface area contributed by atoms with Gasteiger partial charge in [-0.05, 0) is 61.7 Å². The third kappa shape index (κ3) is 7.84. The van der Waals surface area contributed by atoms with Gasteiger partial charge in [0.2, 0.25) is 11.8 Å². The van der Waals surface area contributed by atoms with Crippen LogP contribution in [-0.4, -0.2) is 43.8 Å². The highest BCUT2D eigenvalue weighted by molar-refractivity contribution is 9.10. The maximum atomic E-state index is 14.1. The number of amides is 2. The molecule has 0 aliphatic carbocycles. The molecule has 0 aromatic heterocycles. The minimum absolute atomic E-state index is 0.0443. The first-order valence-electron chi connectivity index (χ1n) is 12.7. The van der Waals surface area contributed by atoms with Crippen molar-refractivity contribution in [2.24, 2.45) is 0 Å². The predicted molar refractivity (Wildman–Crippen MR) is 159 cm³/mol. The molecule has 0 saturated carbocycles. The van der Waals surface area contributed by atoms with E-state index in [1.807, 2.05) is 20.8 Å². The Hall–Kier alpha value is -2.88. The molecule has 0 unspecified atom stereocenters. The first kappa shape index (κ1) is 30.7. The topological polar surface area (TPSA) is 86.8 Å². The first-order valence-corrected chi connectivity index (χ1v) is 15.4. The number of rotatable bonds is 12. The second-order valence-electron chi connectivity index (χ2n) is 9.16. The van der Waals surface area contributed by atoms with Crippen molar-refractivity contribution in [1.82, 2.24) is 10.2 Å². The number of anilines is 1. The molecule has 2 atom stereocenters. The van der Waals surface area contributed by atoms with Crippen LogP contribution in [0.5, 0.6) is 0 Å². The summed E-state index contributed by atoms with van der Waals surface area (Å²) in [4.78, 5) is 28.8. The number of hydrogen-bond acceptors (Lipinski definition) is 4. The smallest absolute Gasteiger partial charge is 0.264 e. The van der Waals surface area contributed by atoms with Crippen LogP contribution >= 0.6 is 27.5 Å². The van der Waals surface area contributed by atoms with Crippen LogP contribution in [0.15, 0.2) is 88.2 Å². The number of carbonyl (C=O) groups excluding carboxylic acids is 2. The molecule has 3 aromatic rings. The average molecular weight is 635 g/mol. The van der Waals surface area contributed by atoms with Gasteiger partial charge in [-0.1, -0.05) is 83.8 Å². The zero-order valence-corrected chi connectivity index (χ0v) is 25.3. The summed E-state index contributed by atoms with van der Waals surface area (Å²) in [5.41, 5.74) is 0.971. The van der Waals surface area contributed by atoms with Gasteiger partial charge >= 0.3 is 0 Å². The lowest BCUT2D eigenvalue weighted by atomic mass is 10.1. The Morgan fingerprint density at radius 1 is 0.949 bits per heavy atom. The molecular formula is C29H33BrClN3O4S. The molecule has 3 aromatic carbocycles. The van der Waals surface area contributed by atoms with E-state index in [0.29, 0.717) is 27.2 Å². The summed E-state index contributed by atoms with van der Waals surface area (Å²) in [5, 5.41) is 3.41. The van der Waals surface area contributed by atoms with Crippen LogP contribution in [0.3, 0.4) is 0 Å². The van der Waals surface area contributed by atoms with E-state index in [0.717, 1.165) is 10.7 Å². The number of benzene rings is 3. The van der Waals surface area contributed by atoms with Crippen molar-refractivity contribution in [3.05, 3.63) is 93.9 Å². The number of carbonyl (C=O) groups is 2. The second-order valence-corrected chi connectivity index (χ2v) is 12.3. The fourth-order valence-electron chi connectivity index (χ4n) is 4.05. The zero-order valence-electron chi connectivity index (χ0n) is 22.2. The van der Waals surface area contributed by atoms with E-state index in [1.165, 1.54) is 17.0 Å². The lowest BCUT2D eigenvalue weighted by Gasteiger charge is -2.34. The van der Waals surface area contributed by atoms with Crippen molar-refractivity contribution in [3.63, 3.8) is 0 Å². The molecule has 7 nitrogen and oxygen atoms in total. The standard InChI is InChI=1S/C29H33BrClN3O4S/c1-4-21(3)32-29(36)27(5-2)33(19-22-12-9-10-17-26(22)31)28(35)20-34(24-14-11-13-23(30)18-24)39(37,38)25-15-7-6-8-16-25/h6-18,21,27H,4-5,19-20H2,1-3H3,(H,32,36)/t21-,27+/m1/s1. The predicted octanol–water partition coefficient (Wildman–Crippen LogP) is 6.02. The van der Waals surface area contributed by atoms with Gasteiger partial charge in [0.25, 0.3) is 10.0 Å². The molecule has 3 rings (SSSR count). The highest BCUT2D eigenvalue weighted by Crippen LogP contribution is 2.27. The van der Waals surface area contributed by atoms with Crippen molar-refractivity contribution < 1.29 is 18.0 Å². The van der Waals surface area contributed by atoms with Crippen molar-refractivity contribution in [2.45, 2.75) is 57.1 Å². The van der Waals surface area contributed by atoms with Gasteiger partial charge in [0.05, 0.1) is 10.6 Å². The average Bonchev–Trinajstić information content (AvgIpc) is 2.92. The minimum atomic E-state index is -4.12. The van der Waals surface area contributed by atoms with Gasteiger partial charge < -0.3 is 10.2 Å². The fourth-order valence-corrected chi connectivity index (χ4v) is 6.06. The number of halogens is 2. The van der Waals surface area contributed by atoms with Crippen LogP contribution in [0.1, 0.15) is 39.2 Å². The van der Waals surface area contributed by atoms with E-state index >= 15 is 0 Å². The Labute approximate surface area is 244 Å². The van der Waals surface area contributed by atoms with Crippen LogP contribution in [0.4, 0.5) is 5.69 Å². The number of nitrogens with zero attached hydrogens (tertiary/aromatic N) is 2. The van der Waals surface area contributed by atoms with Gasteiger partial charge in [0, 0.05) is 22.1 Å². The van der Waals surface area contributed by atoms with Crippen molar-refractivity contribution in [3.8, 4) is 0 Å². The van der Waals surface area contributed by atoms with Crippen LogP contribution < -0.4 is 9.62 Å². The summed E-state index contributed by atoms with van der Waals surface area (Å²) in [6.07, 6.45) is 1.06. The maximum absolute atomic E-state index is 14.1. The number of sulfonamides is 1. The second kappa shape index (κ2) is 14.0. The van der Waals surface area contributed by atoms with E-state index in [-0.39, 0.29) is 23.4 Å². The molecule has 0 fully saturated rings. The highest BCUT2D eigenvalue weighted by atomic mass is 79.9. The molecule has 0 spiro atoms. The van der Waals surface area contributed by atoms with Gasteiger partial charge in [0.1, 0.15) is 12.6 Å². The van der Waals surface area contributed by atoms with Gasteiger partial charge in [-0.3, -0.25) is 13.9 Å². The zero-order chi connectivity index (χ0) is 28.6. The number of hydrogen-bond donors (Lipinski definition) is 1. The van der Waals surface area contributed by atoms with Crippen molar-refractivity contribution >= 4 is 55.1 Å². The molecule has 2 amide bonds. The van der Waals surface area contributed by atoms with E-state index in [9.17, 15) is 18.0 Å². The lowest BCUT2D eigenvalue weighted by molar-refractivity contribution is -0.140. The molecule has 0 bridgehead atoms. The molecule has 0 aliphatic rings. The summed E-state index contributed by atoms with van der Waals surface area (Å²) in [5.74, 6) is -0.826. The molecule has 1 N–H and O–H groups in total. The maximum Gasteiger partial charge on any atom is 0.264 e. The summed E-state index contributed by atoms with van der Waals surface area (Å²) in [6.45, 7) is 5.21.